The summed E-state index contributed by atoms with van der Waals surface area (Å²) in [6, 6.07) is 0. The summed E-state index contributed by atoms with van der Waals surface area (Å²) in [5.41, 5.74) is 4.03. The van der Waals surface area contributed by atoms with Gasteiger partial charge < -0.3 is 10.8 Å². The van der Waals surface area contributed by atoms with E-state index in [0.717, 1.165) is 12.8 Å². The van der Waals surface area contributed by atoms with Crippen molar-refractivity contribution >= 4 is 17.7 Å². The van der Waals surface area contributed by atoms with Gasteiger partial charge in [-0.3, -0.25) is 0 Å². The van der Waals surface area contributed by atoms with E-state index in [2.05, 4.69) is 19.6 Å². The molecule has 3 nitrogen and oxygen atoms in total. The normalized spacial score (nSPS) is 8.40. The highest BCUT2D eigenvalue weighted by Crippen LogP contribution is 2.03. The summed E-state index contributed by atoms with van der Waals surface area (Å²) in [7, 11) is 0. The fourth-order valence-corrected chi connectivity index (χ4v) is 0.289. The van der Waals surface area contributed by atoms with Crippen LogP contribution < -0.4 is 5.73 Å². The number of hydrogen-bond acceptors (Lipinski definition) is 1. The Morgan fingerprint density at radius 1 is 1.60 bits per heavy atom. The summed E-state index contributed by atoms with van der Waals surface area (Å²) in [6.45, 7) is 4.20. The van der Waals surface area contributed by atoms with Gasteiger partial charge in [0.1, 0.15) is 0 Å². The Morgan fingerprint density at radius 3 is 1.80 bits per heavy atom. The number of carbonyl (C=O) groups is 1. The molecule has 1 amide bonds. The van der Waals surface area contributed by atoms with Crippen LogP contribution in [0.15, 0.2) is 0 Å². The van der Waals surface area contributed by atoms with Gasteiger partial charge in [0, 0.05) is 5.38 Å². The molecule has 3 N–H and O–H groups in total. The molecule has 0 saturated carbocycles. The third-order valence-electron chi connectivity index (χ3n) is 0.886. The van der Waals surface area contributed by atoms with Gasteiger partial charge in [-0.15, -0.1) is 11.6 Å². The van der Waals surface area contributed by atoms with E-state index in [9.17, 15) is 0 Å². The van der Waals surface area contributed by atoms with Gasteiger partial charge in [-0.1, -0.05) is 13.8 Å². The zero-order valence-electron chi connectivity index (χ0n) is 6.30. The van der Waals surface area contributed by atoms with Crippen molar-refractivity contribution in [1.82, 2.24) is 0 Å². The van der Waals surface area contributed by atoms with Crippen molar-refractivity contribution in [2.75, 3.05) is 0 Å². The van der Waals surface area contributed by atoms with Crippen LogP contribution in [0.5, 0.6) is 0 Å². The quantitative estimate of drug-likeness (QED) is 0.619. The van der Waals surface area contributed by atoms with Crippen molar-refractivity contribution in [2.24, 2.45) is 5.73 Å². The number of amides is 1. The molecule has 0 atom stereocenters. The predicted octanol–water partition coefficient (Wildman–Crippen LogP) is 2.04. The van der Waals surface area contributed by atoms with Crippen LogP contribution in [-0.4, -0.2) is 16.6 Å². The minimum absolute atomic E-state index is 0.407. The van der Waals surface area contributed by atoms with Gasteiger partial charge in [0.2, 0.25) is 0 Å². The van der Waals surface area contributed by atoms with Crippen LogP contribution >= 0.6 is 11.6 Å². The van der Waals surface area contributed by atoms with E-state index in [1.165, 1.54) is 0 Å². The number of nitrogens with two attached hydrogens (primary N) is 1. The molecule has 0 aliphatic carbocycles. The first-order valence-corrected chi connectivity index (χ1v) is 3.60. The Kier molecular flexibility index (Phi) is 10.5. The number of alkyl halides is 1. The number of halogens is 1. The Bertz CT molecular complexity index is 79.8. The summed E-state index contributed by atoms with van der Waals surface area (Å²) in [4.78, 5) is 8.78. The first kappa shape index (κ1) is 12.3. The lowest BCUT2D eigenvalue weighted by Crippen LogP contribution is -2.03. The topological polar surface area (TPSA) is 63.3 Å². The number of hydrogen-bond donors (Lipinski definition) is 2. The molecule has 0 saturated heterocycles. The molecule has 62 valence electrons. The molecule has 0 bridgehead atoms. The van der Waals surface area contributed by atoms with E-state index in [-0.39, 0.29) is 0 Å². The standard InChI is InChI=1S/C5H11Cl.CH3NO2/c1-3-5(6)4-2;2-1(3)4/h5H,3-4H2,1-2H3;2H2,(H,3,4). The predicted molar refractivity (Wildman–Crippen MR) is 42.4 cm³/mol. The van der Waals surface area contributed by atoms with Gasteiger partial charge in [0.25, 0.3) is 0 Å². The van der Waals surface area contributed by atoms with Crippen molar-refractivity contribution in [3.63, 3.8) is 0 Å². The molecule has 4 heteroatoms. The molecule has 0 aromatic carbocycles. The van der Waals surface area contributed by atoms with Gasteiger partial charge in [0.05, 0.1) is 0 Å². The summed E-state index contributed by atoms with van der Waals surface area (Å²) in [5.74, 6) is 0. The smallest absolute Gasteiger partial charge is 0.402 e. The molecule has 0 aromatic heterocycles. The van der Waals surface area contributed by atoms with Crippen LogP contribution in [0.4, 0.5) is 4.79 Å². The van der Waals surface area contributed by atoms with Gasteiger partial charge in [-0.2, -0.15) is 0 Å². The zero-order valence-corrected chi connectivity index (χ0v) is 7.06. The maximum Gasteiger partial charge on any atom is 0.402 e. The fourth-order valence-electron chi connectivity index (χ4n) is 0.289. The molecule has 0 unspecified atom stereocenters. The molecular formula is C6H14ClNO2. The van der Waals surface area contributed by atoms with Crippen molar-refractivity contribution in [3.8, 4) is 0 Å². The molecule has 0 heterocycles. The van der Waals surface area contributed by atoms with Crippen molar-refractivity contribution in [3.05, 3.63) is 0 Å². The first-order chi connectivity index (χ1) is 4.54. The minimum atomic E-state index is -1.33. The number of rotatable bonds is 2. The highest BCUT2D eigenvalue weighted by molar-refractivity contribution is 6.20. The maximum absolute atomic E-state index is 8.78. The molecule has 0 aliphatic rings. The second kappa shape index (κ2) is 8.56. The monoisotopic (exact) mass is 167 g/mol. The van der Waals surface area contributed by atoms with E-state index in [4.69, 9.17) is 21.5 Å². The zero-order chi connectivity index (χ0) is 8.57. The average Bonchev–Trinajstić information content (AvgIpc) is 1.85. The lowest BCUT2D eigenvalue weighted by atomic mass is 10.3. The molecule has 0 fully saturated rings. The second-order valence-electron chi connectivity index (χ2n) is 1.75. The van der Waals surface area contributed by atoms with E-state index >= 15 is 0 Å². The van der Waals surface area contributed by atoms with Gasteiger partial charge in [-0.25, -0.2) is 4.79 Å². The van der Waals surface area contributed by atoms with Crippen LogP contribution in [-0.2, 0) is 0 Å². The lowest BCUT2D eigenvalue weighted by molar-refractivity contribution is 0.205. The highest BCUT2D eigenvalue weighted by Gasteiger charge is 1.91. The van der Waals surface area contributed by atoms with Gasteiger partial charge in [-0.05, 0) is 12.8 Å². The van der Waals surface area contributed by atoms with Crippen molar-refractivity contribution < 1.29 is 9.90 Å². The van der Waals surface area contributed by atoms with E-state index in [0.29, 0.717) is 5.38 Å². The average molecular weight is 168 g/mol. The Hall–Kier alpha value is -0.440. The molecule has 0 aliphatic heterocycles. The first-order valence-electron chi connectivity index (χ1n) is 3.17. The van der Waals surface area contributed by atoms with Crippen LogP contribution in [0.1, 0.15) is 26.7 Å². The summed E-state index contributed by atoms with van der Waals surface area (Å²) in [6.07, 6.45) is 0.857. The van der Waals surface area contributed by atoms with Crippen LogP contribution in [0, 0.1) is 0 Å². The Morgan fingerprint density at radius 2 is 1.80 bits per heavy atom. The highest BCUT2D eigenvalue weighted by atomic mass is 35.5. The number of primary amides is 1. The summed E-state index contributed by atoms with van der Waals surface area (Å²) < 4.78 is 0. The van der Waals surface area contributed by atoms with Crippen LogP contribution in [0.3, 0.4) is 0 Å². The largest absolute Gasteiger partial charge is 0.465 e. The van der Waals surface area contributed by atoms with Crippen LogP contribution in [0.2, 0.25) is 0 Å². The van der Waals surface area contributed by atoms with E-state index in [1.54, 1.807) is 0 Å². The minimum Gasteiger partial charge on any atom is -0.465 e. The van der Waals surface area contributed by atoms with Gasteiger partial charge in [0.15, 0.2) is 0 Å². The molecular weight excluding hydrogens is 154 g/mol. The Labute approximate surface area is 66.2 Å². The van der Waals surface area contributed by atoms with Gasteiger partial charge >= 0.3 is 6.09 Å². The molecule has 0 rings (SSSR count). The summed E-state index contributed by atoms with van der Waals surface area (Å²) >= 11 is 5.65. The molecule has 10 heavy (non-hydrogen) atoms. The number of carboxylic acid groups (broad SMARTS) is 1. The SMILES string of the molecule is CCC(Cl)CC.NC(=O)O. The van der Waals surface area contributed by atoms with E-state index < -0.39 is 6.09 Å². The maximum atomic E-state index is 8.78. The lowest BCUT2D eigenvalue weighted by Gasteiger charge is -1.95. The molecule has 0 radical (unpaired) electrons. The fraction of sp³-hybridized carbons (Fsp3) is 0.833. The second-order valence-corrected chi connectivity index (χ2v) is 2.37. The molecule has 0 spiro atoms. The van der Waals surface area contributed by atoms with Crippen LogP contribution in [0.25, 0.3) is 0 Å². The van der Waals surface area contributed by atoms with E-state index in [1.807, 2.05) is 0 Å². The third-order valence-corrected chi connectivity index (χ3v) is 1.50. The Balaban J connectivity index is 0. The van der Waals surface area contributed by atoms with Crippen molar-refractivity contribution in [1.29, 1.82) is 0 Å². The molecule has 0 aromatic rings. The third kappa shape index (κ3) is 25.7. The summed E-state index contributed by atoms with van der Waals surface area (Å²) in [5, 5.41) is 7.60. The van der Waals surface area contributed by atoms with Crippen molar-refractivity contribution in [2.45, 2.75) is 32.1 Å².